The van der Waals surface area contributed by atoms with Gasteiger partial charge in [-0.05, 0) is 43.3 Å². The van der Waals surface area contributed by atoms with E-state index in [1.165, 1.54) is 6.07 Å². The molecule has 0 aliphatic heterocycles. The lowest BCUT2D eigenvalue weighted by atomic mass is 10.1. The number of nitrogens with one attached hydrogen (secondary N) is 1. The number of fused-ring (bicyclic) bond motifs is 1. The molecule has 9 nitrogen and oxygen atoms in total. The van der Waals surface area contributed by atoms with Crippen molar-refractivity contribution in [1.82, 2.24) is 4.98 Å². The second-order valence-corrected chi connectivity index (χ2v) is 7.03. The van der Waals surface area contributed by atoms with Crippen LogP contribution in [0.5, 0.6) is 0 Å². The lowest BCUT2D eigenvalue weighted by Gasteiger charge is -2.10. The number of amides is 1. The van der Waals surface area contributed by atoms with E-state index in [1.54, 1.807) is 43.3 Å². The van der Waals surface area contributed by atoms with Gasteiger partial charge in [0.05, 0.1) is 22.1 Å². The molecule has 0 radical (unpaired) electrons. The molecule has 0 atom stereocenters. The summed E-state index contributed by atoms with van der Waals surface area (Å²) in [6.07, 6.45) is 0. The summed E-state index contributed by atoms with van der Waals surface area (Å²) in [7, 11) is 0. The number of ether oxygens (including phenoxy) is 1. The number of aromatic nitrogens is 1. The maximum Gasteiger partial charge on any atom is 0.339 e. The molecule has 4 rings (SSSR count). The van der Waals surface area contributed by atoms with Gasteiger partial charge in [0.25, 0.3) is 11.6 Å². The van der Waals surface area contributed by atoms with Gasteiger partial charge in [0.2, 0.25) is 0 Å². The van der Waals surface area contributed by atoms with Crippen molar-refractivity contribution in [3.05, 3.63) is 87.9 Å². The fourth-order valence-corrected chi connectivity index (χ4v) is 3.20. The average Bonchev–Trinajstić information content (AvgIpc) is 3.24. The van der Waals surface area contributed by atoms with Crippen LogP contribution >= 0.6 is 0 Å². The zero-order chi connectivity index (χ0) is 23.5. The zero-order valence-electron chi connectivity index (χ0n) is 17.2. The van der Waals surface area contributed by atoms with Crippen molar-refractivity contribution < 1.29 is 28.1 Å². The van der Waals surface area contributed by atoms with Crippen LogP contribution in [0.1, 0.15) is 16.1 Å². The van der Waals surface area contributed by atoms with Gasteiger partial charge < -0.3 is 14.5 Å². The van der Waals surface area contributed by atoms with Crippen molar-refractivity contribution in [2.24, 2.45) is 0 Å². The highest BCUT2D eigenvalue weighted by Crippen LogP contribution is 2.27. The van der Waals surface area contributed by atoms with Crippen molar-refractivity contribution in [3.8, 4) is 11.5 Å². The van der Waals surface area contributed by atoms with Crippen molar-refractivity contribution in [1.29, 1.82) is 0 Å². The minimum absolute atomic E-state index is 0.171. The molecule has 2 heterocycles. The predicted octanol–water partition coefficient (Wildman–Crippen LogP) is 4.65. The number of hydrogen-bond donors (Lipinski definition) is 1. The van der Waals surface area contributed by atoms with E-state index < -0.39 is 34.9 Å². The summed E-state index contributed by atoms with van der Waals surface area (Å²) >= 11 is 0. The molecule has 4 aromatic rings. The van der Waals surface area contributed by atoms with Crippen LogP contribution in [0, 0.1) is 22.9 Å². The number of furan rings is 1. The third-order valence-corrected chi connectivity index (χ3v) is 4.69. The van der Waals surface area contributed by atoms with E-state index in [0.717, 1.165) is 12.1 Å². The molecule has 1 N–H and O–H groups in total. The van der Waals surface area contributed by atoms with E-state index in [4.69, 9.17) is 9.15 Å². The topological polar surface area (TPSA) is 125 Å². The lowest BCUT2D eigenvalue weighted by molar-refractivity contribution is -0.384. The first-order valence-corrected chi connectivity index (χ1v) is 9.69. The number of aryl methyl sites for hydroxylation is 1. The molecule has 0 bridgehead atoms. The number of nitrogens with zero attached hydrogens (tertiary/aromatic N) is 2. The summed E-state index contributed by atoms with van der Waals surface area (Å²) < 4.78 is 24.0. The van der Waals surface area contributed by atoms with E-state index >= 15 is 0 Å². The number of carbonyl (C=O) groups is 2. The summed E-state index contributed by atoms with van der Waals surface area (Å²) in [5.41, 5.74) is 0.285. The van der Waals surface area contributed by atoms with E-state index in [0.29, 0.717) is 34.2 Å². The second kappa shape index (κ2) is 8.87. The molecule has 166 valence electrons. The molecule has 0 unspecified atom stereocenters. The van der Waals surface area contributed by atoms with Crippen LogP contribution in [0.25, 0.3) is 22.4 Å². The van der Waals surface area contributed by atoms with Crippen molar-refractivity contribution in [3.63, 3.8) is 0 Å². The van der Waals surface area contributed by atoms with Gasteiger partial charge in [0.15, 0.2) is 12.4 Å². The highest BCUT2D eigenvalue weighted by molar-refractivity contribution is 6.05. The second-order valence-electron chi connectivity index (χ2n) is 7.03. The summed E-state index contributed by atoms with van der Waals surface area (Å²) in [6, 6.07) is 14.6. The van der Waals surface area contributed by atoms with Gasteiger partial charge in [-0.25, -0.2) is 14.2 Å². The molecule has 0 fully saturated rings. The summed E-state index contributed by atoms with van der Waals surface area (Å²) in [6.45, 7) is 1.07. The normalized spacial score (nSPS) is 10.7. The fraction of sp³-hybridized carbons (Fsp3) is 0.0870. The number of benzene rings is 2. The van der Waals surface area contributed by atoms with Gasteiger partial charge >= 0.3 is 5.97 Å². The number of halogens is 1. The molecule has 0 spiro atoms. The Morgan fingerprint density at radius 3 is 2.67 bits per heavy atom. The number of nitro groups is 1. The Morgan fingerprint density at radius 2 is 1.94 bits per heavy atom. The minimum Gasteiger partial charge on any atom is -0.460 e. The SMILES string of the molecule is Cc1ccc(-c2cc(C(=O)OCC(=O)Nc3ccc(F)cc3[N+](=O)[O-])c3ccccc3n2)o1. The van der Waals surface area contributed by atoms with Crippen LogP contribution in [-0.4, -0.2) is 28.4 Å². The van der Waals surface area contributed by atoms with Crippen LogP contribution in [0.4, 0.5) is 15.8 Å². The molecule has 0 saturated carbocycles. The summed E-state index contributed by atoms with van der Waals surface area (Å²) in [4.78, 5) is 39.8. The highest BCUT2D eigenvalue weighted by atomic mass is 19.1. The van der Waals surface area contributed by atoms with E-state index in [1.807, 2.05) is 0 Å². The number of carbonyl (C=O) groups excluding carboxylic acids is 2. The molecular weight excluding hydrogens is 433 g/mol. The van der Waals surface area contributed by atoms with Crippen LogP contribution in [0.3, 0.4) is 0 Å². The minimum atomic E-state index is -0.828. The molecular formula is C23H16FN3O6. The number of rotatable bonds is 6. The Kier molecular flexibility index (Phi) is 5.81. The van der Waals surface area contributed by atoms with Crippen molar-refractivity contribution in [2.75, 3.05) is 11.9 Å². The lowest BCUT2D eigenvalue weighted by Crippen LogP contribution is -2.21. The van der Waals surface area contributed by atoms with Crippen LogP contribution < -0.4 is 5.32 Å². The molecule has 0 saturated heterocycles. The van der Waals surface area contributed by atoms with E-state index in [9.17, 15) is 24.1 Å². The third kappa shape index (κ3) is 4.69. The van der Waals surface area contributed by atoms with Gasteiger partial charge in [-0.1, -0.05) is 18.2 Å². The number of nitro benzene ring substituents is 1. The van der Waals surface area contributed by atoms with Crippen molar-refractivity contribution >= 4 is 34.2 Å². The summed E-state index contributed by atoms with van der Waals surface area (Å²) in [5.74, 6) is -1.29. The van der Waals surface area contributed by atoms with E-state index in [2.05, 4.69) is 10.3 Å². The molecule has 2 aromatic heterocycles. The molecule has 0 aliphatic carbocycles. The van der Waals surface area contributed by atoms with Gasteiger partial charge in [-0.15, -0.1) is 0 Å². The first kappa shape index (κ1) is 21.6. The third-order valence-electron chi connectivity index (χ3n) is 4.69. The van der Waals surface area contributed by atoms with Crippen LogP contribution in [0.15, 0.2) is 65.1 Å². The Bertz CT molecular complexity index is 1400. The predicted molar refractivity (Wildman–Crippen MR) is 116 cm³/mol. The number of anilines is 1. The largest absolute Gasteiger partial charge is 0.460 e. The number of hydrogen-bond acceptors (Lipinski definition) is 7. The maximum atomic E-state index is 13.3. The fourth-order valence-electron chi connectivity index (χ4n) is 3.20. The quantitative estimate of drug-likeness (QED) is 0.258. The van der Waals surface area contributed by atoms with Gasteiger partial charge in [-0.3, -0.25) is 14.9 Å². The molecule has 10 heteroatoms. The Hall–Kier alpha value is -4.60. The molecule has 0 aliphatic rings. The van der Waals surface area contributed by atoms with Crippen LogP contribution in [0.2, 0.25) is 0 Å². The number of pyridine rings is 1. The smallest absolute Gasteiger partial charge is 0.339 e. The standard InChI is InChI=1S/C23H16FN3O6/c1-13-6-9-21(33-13)19-11-16(15-4-2-3-5-17(15)25-19)23(29)32-12-22(28)26-18-8-7-14(24)10-20(18)27(30)31/h2-11H,12H2,1H3,(H,26,28). The first-order chi connectivity index (χ1) is 15.8. The number of para-hydroxylation sites is 1. The Morgan fingerprint density at radius 1 is 1.15 bits per heavy atom. The van der Waals surface area contributed by atoms with Gasteiger partial charge in [-0.2, -0.15) is 0 Å². The molecule has 33 heavy (non-hydrogen) atoms. The first-order valence-electron chi connectivity index (χ1n) is 9.69. The summed E-state index contributed by atoms with van der Waals surface area (Å²) in [5, 5.41) is 13.8. The molecule has 1 amide bonds. The van der Waals surface area contributed by atoms with Gasteiger partial charge in [0.1, 0.15) is 23.0 Å². The number of esters is 1. The highest BCUT2D eigenvalue weighted by Gasteiger charge is 2.20. The Balaban J connectivity index is 1.55. The molecule has 2 aromatic carbocycles. The average molecular weight is 449 g/mol. The Labute approximate surface area is 186 Å². The van der Waals surface area contributed by atoms with E-state index in [-0.39, 0.29) is 11.3 Å². The van der Waals surface area contributed by atoms with Gasteiger partial charge in [0, 0.05) is 5.39 Å². The van der Waals surface area contributed by atoms with Crippen molar-refractivity contribution in [2.45, 2.75) is 6.92 Å². The monoisotopic (exact) mass is 449 g/mol. The maximum absolute atomic E-state index is 13.3. The zero-order valence-corrected chi connectivity index (χ0v) is 17.2. The van der Waals surface area contributed by atoms with Crippen LogP contribution in [-0.2, 0) is 9.53 Å².